The Hall–Kier alpha value is -4.31. The van der Waals surface area contributed by atoms with E-state index in [1.165, 1.54) is 0 Å². The molecule has 1 aliphatic rings. The molecular formula is C27H28N8O2. The summed E-state index contributed by atoms with van der Waals surface area (Å²) in [4.78, 5) is 39.0. The van der Waals surface area contributed by atoms with E-state index in [4.69, 9.17) is 4.74 Å². The fraction of sp³-hybridized carbons (Fsp3) is 0.296. The van der Waals surface area contributed by atoms with E-state index in [1.54, 1.807) is 36.8 Å². The predicted octanol–water partition coefficient (Wildman–Crippen LogP) is 3.52. The van der Waals surface area contributed by atoms with E-state index in [1.807, 2.05) is 31.2 Å². The third kappa shape index (κ3) is 6.68. The second kappa shape index (κ2) is 11.6. The Morgan fingerprint density at radius 3 is 2.68 bits per heavy atom. The van der Waals surface area contributed by atoms with Gasteiger partial charge in [-0.1, -0.05) is 12.1 Å². The van der Waals surface area contributed by atoms with Crippen molar-refractivity contribution in [2.75, 3.05) is 25.0 Å². The molecule has 4 aromatic rings. The van der Waals surface area contributed by atoms with Crippen LogP contribution in [-0.2, 0) is 11.2 Å². The summed E-state index contributed by atoms with van der Waals surface area (Å²) < 4.78 is 5.45. The number of nitrogens with one attached hydrogen (secondary N) is 2. The SMILES string of the molecule is Cc1cccc(-c2nccc(Nc3ccnc(Cc4ccc(C(=O)OC[C@@H]5CCCNC5)nc4)n3)n2)n1. The molecule has 1 atom stereocenters. The van der Waals surface area contributed by atoms with Crippen molar-refractivity contribution < 1.29 is 9.53 Å². The first-order valence-electron chi connectivity index (χ1n) is 12.3. The van der Waals surface area contributed by atoms with E-state index < -0.39 is 5.97 Å². The summed E-state index contributed by atoms with van der Waals surface area (Å²) in [5.74, 6) is 2.32. The molecule has 0 radical (unpaired) electrons. The normalized spacial score (nSPS) is 15.2. The quantitative estimate of drug-likeness (QED) is 0.350. The van der Waals surface area contributed by atoms with Crippen molar-refractivity contribution in [3.8, 4) is 11.5 Å². The van der Waals surface area contributed by atoms with Gasteiger partial charge < -0.3 is 15.4 Å². The Labute approximate surface area is 215 Å². The van der Waals surface area contributed by atoms with Gasteiger partial charge in [-0.15, -0.1) is 0 Å². The number of hydrogen-bond acceptors (Lipinski definition) is 10. The van der Waals surface area contributed by atoms with Gasteiger partial charge in [0, 0.05) is 43.2 Å². The number of aromatic nitrogens is 6. The van der Waals surface area contributed by atoms with Crippen molar-refractivity contribution in [3.63, 3.8) is 0 Å². The van der Waals surface area contributed by atoms with Crippen LogP contribution >= 0.6 is 0 Å². The molecule has 188 valence electrons. The monoisotopic (exact) mass is 496 g/mol. The maximum Gasteiger partial charge on any atom is 0.356 e. The number of ether oxygens (including phenoxy) is 1. The molecule has 1 fully saturated rings. The third-order valence-electron chi connectivity index (χ3n) is 5.98. The van der Waals surface area contributed by atoms with Crippen LogP contribution in [0.1, 0.15) is 40.4 Å². The predicted molar refractivity (Wildman–Crippen MR) is 138 cm³/mol. The van der Waals surface area contributed by atoms with Gasteiger partial charge in [0.25, 0.3) is 0 Å². The molecule has 0 unspecified atom stereocenters. The van der Waals surface area contributed by atoms with Crippen molar-refractivity contribution in [2.45, 2.75) is 26.2 Å². The number of hydrogen-bond donors (Lipinski definition) is 2. The number of nitrogens with zero attached hydrogens (tertiary/aromatic N) is 6. The minimum absolute atomic E-state index is 0.298. The van der Waals surface area contributed by atoms with Crippen molar-refractivity contribution >= 4 is 17.6 Å². The zero-order chi connectivity index (χ0) is 25.5. The van der Waals surface area contributed by atoms with Crippen LogP contribution in [0.4, 0.5) is 11.6 Å². The summed E-state index contributed by atoms with van der Waals surface area (Å²) in [6.07, 6.45) is 7.68. The third-order valence-corrected chi connectivity index (χ3v) is 5.98. The summed E-state index contributed by atoms with van der Waals surface area (Å²) >= 11 is 0. The summed E-state index contributed by atoms with van der Waals surface area (Å²) in [6.45, 7) is 4.26. The Kier molecular flexibility index (Phi) is 7.66. The van der Waals surface area contributed by atoms with Crippen LogP contribution in [0.5, 0.6) is 0 Å². The molecule has 1 saturated heterocycles. The molecule has 0 bridgehead atoms. The minimum Gasteiger partial charge on any atom is -0.461 e. The van der Waals surface area contributed by atoms with E-state index in [9.17, 15) is 4.79 Å². The van der Waals surface area contributed by atoms with Crippen LogP contribution < -0.4 is 10.6 Å². The molecule has 5 heterocycles. The molecule has 0 aromatic carbocycles. The lowest BCUT2D eigenvalue weighted by Crippen LogP contribution is -2.32. The fourth-order valence-corrected chi connectivity index (χ4v) is 4.07. The lowest BCUT2D eigenvalue weighted by atomic mass is 10.0. The topological polar surface area (TPSA) is 128 Å². The first-order valence-corrected chi connectivity index (χ1v) is 12.3. The van der Waals surface area contributed by atoms with E-state index >= 15 is 0 Å². The fourth-order valence-electron chi connectivity index (χ4n) is 4.07. The smallest absolute Gasteiger partial charge is 0.356 e. The summed E-state index contributed by atoms with van der Waals surface area (Å²) in [5.41, 5.74) is 2.79. The Balaban J connectivity index is 1.20. The highest BCUT2D eigenvalue weighted by molar-refractivity contribution is 5.87. The maximum atomic E-state index is 12.4. The lowest BCUT2D eigenvalue weighted by molar-refractivity contribution is 0.0414. The van der Waals surface area contributed by atoms with Gasteiger partial charge >= 0.3 is 5.97 Å². The lowest BCUT2D eigenvalue weighted by Gasteiger charge is -2.22. The van der Waals surface area contributed by atoms with Gasteiger partial charge in [-0.05, 0) is 62.2 Å². The second-order valence-electron chi connectivity index (χ2n) is 8.95. The van der Waals surface area contributed by atoms with Gasteiger partial charge in [0.05, 0.1) is 6.61 Å². The molecular weight excluding hydrogens is 468 g/mol. The van der Waals surface area contributed by atoms with Gasteiger partial charge in [-0.2, -0.15) is 0 Å². The van der Waals surface area contributed by atoms with Crippen molar-refractivity contribution in [3.05, 3.63) is 83.8 Å². The van der Waals surface area contributed by atoms with Crippen molar-refractivity contribution in [2.24, 2.45) is 5.92 Å². The van der Waals surface area contributed by atoms with Crippen LogP contribution in [0.15, 0.2) is 61.1 Å². The summed E-state index contributed by atoms with van der Waals surface area (Å²) in [5, 5.41) is 6.53. The standard InChI is InChI=1S/C27H28N8O2/c1-18-4-2-6-21(32-18)26-30-13-10-24(35-26)33-23-9-12-29-25(34-23)14-19-7-8-22(31-16-19)27(36)37-17-20-5-3-11-28-15-20/h2,4,6-10,12-13,16,20,28H,3,5,11,14-15,17H2,1H3,(H,29,30,33,34,35)/t20-/m1/s1. The highest BCUT2D eigenvalue weighted by Crippen LogP contribution is 2.18. The van der Waals surface area contributed by atoms with E-state index in [-0.39, 0.29) is 0 Å². The van der Waals surface area contributed by atoms with Gasteiger partial charge in [0.15, 0.2) is 5.82 Å². The molecule has 0 amide bonds. The van der Waals surface area contributed by atoms with Gasteiger partial charge in [-0.3, -0.25) is 0 Å². The van der Waals surface area contributed by atoms with Crippen LogP contribution in [0.25, 0.3) is 11.5 Å². The maximum absolute atomic E-state index is 12.4. The van der Waals surface area contributed by atoms with Crippen molar-refractivity contribution in [1.82, 2.24) is 35.2 Å². The number of rotatable bonds is 8. The molecule has 4 aromatic heterocycles. The Morgan fingerprint density at radius 2 is 1.89 bits per heavy atom. The summed E-state index contributed by atoms with van der Waals surface area (Å²) in [7, 11) is 0. The zero-order valence-electron chi connectivity index (χ0n) is 20.6. The van der Waals surface area contributed by atoms with Crippen LogP contribution in [0.2, 0.25) is 0 Å². The first kappa shape index (κ1) is 24.4. The number of carbonyl (C=O) groups is 1. The molecule has 37 heavy (non-hydrogen) atoms. The largest absolute Gasteiger partial charge is 0.461 e. The molecule has 1 aliphatic heterocycles. The highest BCUT2D eigenvalue weighted by atomic mass is 16.5. The molecule has 10 heteroatoms. The number of anilines is 2. The minimum atomic E-state index is -0.398. The van der Waals surface area contributed by atoms with Crippen LogP contribution in [-0.4, -0.2) is 55.6 Å². The molecule has 0 spiro atoms. The Bertz CT molecular complexity index is 1360. The highest BCUT2D eigenvalue weighted by Gasteiger charge is 2.17. The molecule has 5 rings (SSSR count). The van der Waals surface area contributed by atoms with Gasteiger partial charge in [0.1, 0.15) is 28.8 Å². The molecule has 0 saturated carbocycles. The first-order chi connectivity index (χ1) is 18.1. The van der Waals surface area contributed by atoms with E-state index in [0.717, 1.165) is 37.2 Å². The number of piperidine rings is 1. The molecule has 2 N–H and O–H groups in total. The number of aryl methyl sites for hydroxylation is 1. The average Bonchev–Trinajstić information content (AvgIpc) is 2.93. The van der Waals surface area contributed by atoms with E-state index in [0.29, 0.717) is 53.6 Å². The number of pyridine rings is 2. The zero-order valence-corrected chi connectivity index (χ0v) is 20.6. The van der Waals surface area contributed by atoms with Crippen LogP contribution in [0.3, 0.4) is 0 Å². The second-order valence-corrected chi connectivity index (χ2v) is 8.95. The van der Waals surface area contributed by atoms with Gasteiger partial charge in [0.2, 0.25) is 0 Å². The molecule has 10 nitrogen and oxygen atoms in total. The molecule has 0 aliphatic carbocycles. The summed E-state index contributed by atoms with van der Waals surface area (Å²) in [6, 6.07) is 12.8. The van der Waals surface area contributed by atoms with Crippen LogP contribution in [0, 0.1) is 12.8 Å². The number of carbonyl (C=O) groups excluding carboxylic acids is 1. The van der Waals surface area contributed by atoms with Crippen molar-refractivity contribution in [1.29, 1.82) is 0 Å². The number of esters is 1. The average molecular weight is 497 g/mol. The van der Waals surface area contributed by atoms with Gasteiger partial charge in [-0.25, -0.2) is 34.7 Å². The van der Waals surface area contributed by atoms with E-state index in [2.05, 4.69) is 40.5 Å². The Morgan fingerprint density at radius 1 is 1.03 bits per heavy atom.